The van der Waals surface area contributed by atoms with Crippen LogP contribution < -0.4 is 15.8 Å². The van der Waals surface area contributed by atoms with E-state index >= 15 is 0 Å². The number of nitrogens with one attached hydrogen (secondary N) is 1. The maximum Gasteiger partial charge on any atom is 0.264 e. The Balaban J connectivity index is 2.27. The second-order valence-electron chi connectivity index (χ2n) is 6.72. The number of nitrogens with zero attached hydrogens (tertiary/aromatic N) is 1. The van der Waals surface area contributed by atoms with E-state index in [1.54, 1.807) is 19.1 Å². The molecule has 0 spiro atoms. The molecule has 0 aliphatic rings. The van der Waals surface area contributed by atoms with Crippen LogP contribution in [0.5, 0.6) is 5.75 Å². The molecule has 158 valence electrons. The molecule has 8 nitrogen and oxygen atoms in total. The van der Waals surface area contributed by atoms with E-state index in [1.165, 1.54) is 41.4 Å². The molecule has 1 heterocycles. The Morgan fingerprint density at radius 3 is 2.45 bits per heavy atom. The molecule has 2 N–H and O–H groups in total. The summed E-state index contributed by atoms with van der Waals surface area (Å²) < 4.78 is 42.5. The minimum atomic E-state index is -3.86. The molecular formula is C19H23FN2O6S. The smallest absolute Gasteiger partial charge is 0.264 e. The van der Waals surface area contributed by atoms with Crippen LogP contribution in [0.2, 0.25) is 0 Å². The average molecular weight is 426 g/mol. The number of pyridine rings is 1. The van der Waals surface area contributed by atoms with Gasteiger partial charge >= 0.3 is 0 Å². The number of hydrogen-bond acceptors (Lipinski definition) is 6. The number of sulfone groups is 1. The third-order valence-corrected chi connectivity index (χ3v) is 6.82. The molecule has 0 radical (unpaired) electrons. The summed E-state index contributed by atoms with van der Waals surface area (Å²) in [5, 5.41) is 8.85. The van der Waals surface area contributed by atoms with Crippen molar-refractivity contribution in [2.75, 3.05) is 12.9 Å². The summed E-state index contributed by atoms with van der Waals surface area (Å²) in [6.07, 6.45) is 2.09. The van der Waals surface area contributed by atoms with E-state index in [0.717, 1.165) is 6.26 Å². The minimum absolute atomic E-state index is 0.0757. The van der Waals surface area contributed by atoms with Crippen LogP contribution in [-0.2, 0) is 21.2 Å². The zero-order valence-electron chi connectivity index (χ0n) is 16.3. The summed E-state index contributed by atoms with van der Waals surface area (Å²) in [7, 11) is -3.86. The van der Waals surface area contributed by atoms with Gasteiger partial charge in [0.2, 0.25) is 0 Å². The molecule has 2 rings (SSSR count). The number of carbonyl (C=O) groups excluding carboxylic acids is 1. The van der Waals surface area contributed by atoms with Gasteiger partial charge in [0.15, 0.2) is 26.2 Å². The summed E-state index contributed by atoms with van der Waals surface area (Å²) in [6, 6.07) is 7.24. The molecular weight excluding hydrogens is 403 g/mol. The first-order valence-electron chi connectivity index (χ1n) is 8.81. The molecule has 0 bridgehead atoms. The number of ether oxygens (including phenoxy) is 1. The van der Waals surface area contributed by atoms with E-state index in [0.29, 0.717) is 17.7 Å². The van der Waals surface area contributed by atoms with E-state index < -0.39 is 31.9 Å². The molecule has 29 heavy (non-hydrogen) atoms. The highest BCUT2D eigenvalue weighted by atomic mass is 32.2. The number of aromatic nitrogens is 1. The maximum atomic E-state index is 14.1. The Morgan fingerprint density at radius 1 is 1.28 bits per heavy atom. The first kappa shape index (κ1) is 22.6. The lowest BCUT2D eigenvalue weighted by Crippen LogP contribution is -2.49. The van der Waals surface area contributed by atoms with Gasteiger partial charge in [0, 0.05) is 25.1 Å². The highest BCUT2D eigenvalue weighted by Gasteiger charge is 2.43. The van der Waals surface area contributed by atoms with Gasteiger partial charge in [-0.3, -0.25) is 14.8 Å². The number of amides is 1. The second kappa shape index (κ2) is 8.75. The Morgan fingerprint density at radius 2 is 1.93 bits per heavy atom. The summed E-state index contributed by atoms with van der Waals surface area (Å²) in [6.45, 7) is 3.17. The third kappa shape index (κ3) is 4.83. The monoisotopic (exact) mass is 426 g/mol. The van der Waals surface area contributed by atoms with Crippen molar-refractivity contribution in [3.05, 3.63) is 52.7 Å². The summed E-state index contributed by atoms with van der Waals surface area (Å²) in [5.74, 6) is -1.51. The van der Waals surface area contributed by atoms with Gasteiger partial charge in [-0.15, -0.1) is 0 Å². The standard InChI is InChI=1S/C19H23FN2O6S/c1-4-28-16-6-5-13(11-15(16)20)14-7-9-22(17(23)12-14)10-8-19(2,18(24)21-25)29(3,26)27/h5-7,9,11-12,25H,4,8,10H2,1-3H3,(H,21,24). The van der Waals surface area contributed by atoms with Gasteiger partial charge in [0.05, 0.1) is 6.61 Å². The first-order chi connectivity index (χ1) is 13.5. The molecule has 0 saturated heterocycles. The molecule has 1 aromatic heterocycles. The Bertz CT molecular complexity index is 1070. The fraction of sp³-hybridized carbons (Fsp3) is 0.368. The number of hydrogen-bond donors (Lipinski definition) is 2. The molecule has 1 unspecified atom stereocenters. The van der Waals surface area contributed by atoms with Crippen molar-refractivity contribution in [2.24, 2.45) is 0 Å². The molecule has 0 aliphatic heterocycles. The van der Waals surface area contributed by atoms with Crippen molar-refractivity contribution >= 4 is 15.7 Å². The van der Waals surface area contributed by atoms with Gasteiger partial charge in [-0.25, -0.2) is 18.3 Å². The normalized spacial score (nSPS) is 13.6. The molecule has 1 atom stereocenters. The lowest BCUT2D eigenvalue weighted by Gasteiger charge is -2.25. The van der Waals surface area contributed by atoms with Crippen molar-refractivity contribution in [3.63, 3.8) is 0 Å². The van der Waals surface area contributed by atoms with Gasteiger partial charge in [0.1, 0.15) is 0 Å². The van der Waals surface area contributed by atoms with Crippen molar-refractivity contribution in [1.82, 2.24) is 10.0 Å². The molecule has 1 aromatic carbocycles. The zero-order valence-corrected chi connectivity index (χ0v) is 17.1. The van der Waals surface area contributed by atoms with Gasteiger partial charge in [-0.2, -0.15) is 0 Å². The first-order valence-corrected chi connectivity index (χ1v) is 10.7. The van der Waals surface area contributed by atoms with Crippen LogP contribution >= 0.6 is 0 Å². The quantitative estimate of drug-likeness (QED) is 0.491. The fourth-order valence-corrected chi connectivity index (χ4v) is 3.59. The van der Waals surface area contributed by atoms with Gasteiger partial charge < -0.3 is 9.30 Å². The third-order valence-electron chi connectivity index (χ3n) is 4.79. The number of benzene rings is 1. The Hall–Kier alpha value is -2.72. The largest absolute Gasteiger partial charge is 0.491 e. The van der Waals surface area contributed by atoms with Crippen molar-refractivity contribution < 1.29 is 27.5 Å². The highest BCUT2D eigenvalue weighted by molar-refractivity contribution is 7.92. The van der Waals surface area contributed by atoms with E-state index in [4.69, 9.17) is 9.94 Å². The van der Waals surface area contributed by atoms with Crippen LogP contribution in [0, 0.1) is 5.82 Å². The molecule has 0 fully saturated rings. The van der Waals surface area contributed by atoms with Gasteiger partial charge in [-0.05, 0) is 49.6 Å². The SMILES string of the molecule is CCOc1ccc(-c2ccn(CCC(C)(C(=O)NO)S(C)(=O)=O)c(=O)c2)cc1F. The summed E-state index contributed by atoms with van der Waals surface area (Å²) >= 11 is 0. The van der Waals surface area contributed by atoms with Crippen LogP contribution in [-0.4, -0.2) is 41.7 Å². The number of rotatable bonds is 8. The lowest BCUT2D eigenvalue weighted by atomic mass is 10.1. The number of carbonyl (C=O) groups is 1. The van der Waals surface area contributed by atoms with Crippen molar-refractivity contribution in [3.8, 4) is 16.9 Å². The van der Waals surface area contributed by atoms with Crippen LogP contribution in [0.15, 0.2) is 41.3 Å². The zero-order chi connectivity index (χ0) is 21.8. The van der Waals surface area contributed by atoms with Crippen LogP contribution in [0.4, 0.5) is 4.39 Å². The molecule has 10 heteroatoms. The Labute approximate surface area is 167 Å². The topological polar surface area (TPSA) is 115 Å². The van der Waals surface area contributed by atoms with E-state index in [-0.39, 0.29) is 18.7 Å². The number of aryl methyl sites for hydroxylation is 1. The molecule has 1 amide bonds. The van der Waals surface area contributed by atoms with E-state index in [2.05, 4.69) is 0 Å². The Kier molecular flexibility index (Phi) is 6.81. The van der Waals surface area contributed by atoms with Crippen LogP contribution in [0.3, 0.4) is 0 Å². The maximum absolute atomic E-state index is 14.1. The van der Waals surface area contributed by atoms with Crippen LogP contribution in [0.25, 0.3) is 11.1 Å². The predicted octanol–water partition coefficient (Wildman–Crippen LogP) is 1.75. The van der Waals surface area contributed by atoms with Crippen LogP contribution in [0.1, 0.15) is 20.3 Å². The summed E-state index contributed by atoms with van der Waals surface area (Å²) in [4.78, 5) is 24.3. The predicted molar refractivity (Wildman–Crippen MR) is 105 cm³/mol. The molecule has 2 aromatic rings. The van der Waals surface area contributed by atoms with Gasteiger partial charge in [0.25, 0.3) is 11.5 Å². The minimum Gasteiger partial charge on any atom is -0.491 e. The van der Waals surface area contributed by atoms with Gasteiger partial charge in [-0.1, -0.05) is 6.07 Å². The van der Waals surface area contributed by atoms with E-state index in [9.17, 15) is 22.4 Å². The second-order valence-corrected chi connectivity index (χ2v) is 9.16. The van der Waals surface area contributed by atoms with Crippen molar-refractivity contribution in [1.29, 1.82) is 0 Å². The number of hydroxylamine groups is 1. The number of halogens is 1. The summed E-state index contributed by atoms with van der Waals surface area (Å²) in [5.41, 5.74) is 1.88. The average Bonchev–Trinajstić information content (AvgIpc) is 2.66. The fourth-order valence-electron chi connectivity index (χ4n) is 2.74. The lowest BCUT2D eigenvalue weighted by molar-refractivity contribution is -0.131. The van der Waals surface area contributed by atoms with Crippen molar-refractivity contribution in [2.45, 2.75) is 31.6 Å². The highest BCUT2D eigenvalue weighted by Crippen LogP contribution is 2.25. The molecule has 0 aliphatic carbocycles. The van der Waals surface area contributed by atoms with E-state index in [1.807, 2.05) is 0 Å². The molecule has 0 saturated carbocycles.